The fraction of sp³-hybridized carbons (Fsp3) is 0.600. The average Bonchev–Trinajstić information content (AvgIpc) is 2.35. The molecule has 0 amide bonds. The minimum absolute atomic E-state index is 0.112. The van der Waals surface area contributed by atoms with Gasteiger partial charge in [0.25, 0.3) is 0 Å². The Morgan fingerprint density at radius 1 is 1.10 bits per heavy atom. The molecule has 0 aliphatic rings. The number of aryl methyl sites for hydroxylation is 2. The maximum Gasteiger partial charge on any atom is 0.241 e. The topological polar surface area (TPSA) is 58.2 Å². The lowest BCUT2D eigenvalue weighted by molar-refractivity contribution is 0.535. The minimum atomic E-state index is -3.47. The summed E-state index contributed by atoms with van der Waals surface area (Å²) in [5.74, 6) is 0. The molecule has 1 aromatic carbocycles. The Morgan fingerprint density at radius 2 is 1.60 bits per heavy atom. The zero-order valence-corrected chi connectivity index (χ0v) is 14.1. The Labute approximate surface area is 123 Å². The lowest BCUT2D eigenvalue weighted by atomic mass is 10.0. The molecule has 0 saturated heterocycles. The molecule has 2 N–H and O–H groups in total. The summed E-state index contributed by atoms with van der Waals surface area (Å²) < 4.78 is 27.8. The summed E-state index contributed by atoms with van der Waals surface area (Å²) in [5, 5.41) is 3.19. The van der Waals surface area contributed by atoms with E-state index in [2.05, 4.69) is 10.0 Å². The van der Waals surface area contributed by atoms with Gasteiger partial charge in [0.05, 0.1) is 4.90 Å². The molecule has 0 unspecified atom stereocenters. The van der Waals surface area contributed by atoms with Gasteiger partial charge in [0.15, 0.2) is 0 Å². The van der Waals surface area contributed by atoms with Crippen LogP contribution in [0.2, 0.25) is 0 Å². The maximum atomic E-state index is 12.5. The second-order valence-corrected chi connectivity index (χ2v) is 7.10. The smallest absolute Gasteiger partial charge is 0.241 e. The molecule has 1 rings (SSSR count). The second kappa shape index (κ2) is 6.70. The van der Waals surface area contributed by atoms with Gasteiger partial charge in [-0.05, 0) is 63.4 Å². The van der Waals surface area contributed by atoms with Gasteiger partial charge in [-0.1, -0.05) is 13.0 Å². The Hall–Kier alpha value is -0.910. The van der Waals surface area contributed by atoms with Crippen LogP contribution in [0.1, 0.15) is 36.1 Å². The van der Waals surface area contributed by atoms with Crippen molar-refractivity contribution >= 4 is 10.0 Å². The number of rotatable bonds is 6. The highest BCUT2D eigenvalue weighted by Crippen LogP contribution is 2.25. The van der Waals surface area contributed by atoms with E-state index in [9.17, 15) is 8.42 Å². The van der Waals surface area contributed by atoms with Crippen molar-refractivity contribution in [3.8, 4) is 0 Å². The molecule has 20 heavy (non-hydrogen) atoms. The van der Waals surface area contributed by atoms with E-state index in [1.807, 2.05) is 47.6 Å². The van der Waals surface area contributed by atoms with Crippen molar-refractivity contribution in [2.24, 2.45) is 0 Å². The lowest BCUT2D eigenvalue weighted by Crippen LogP contribution is -2.39. The van der Waals surface area contributed by atoms with E-state index in [0.29, 0.717) is 11.4 Å². The summed E-state index contributed by atoms with van der Waals surface area (Å²) in [7, 11) is -3.47. The number of likely N-dealkylation sites (N-methyl/N-ethyl adjacent to an activating group) is 1. The molecule has 4 nitrogen and oxygen atoms in total. The molecule has 114 valence electrons. The van der Waals surface area contributed by atoms with Crippen LogP contribution in [0.5, 0.6) is 0 Å². The molecule has 0 fully saturated rings. The monoisotopic (exact) mass is 298 g/mol. The van der Waals surface area contributed by atoms with E-state index in [4.69, 9.17) is 0 Å². The van der Waals surface area contributed by atoms with Gasteiger partial charge >= 0.3 is 0 Å². The van der Waals surface area contributed by atoms with Crippen LogP contribution in [0.25, 0.3) is 0 Å². The van der Waals surface area contributed by atoms with Crippen molar-refractivity contribution in [1.82, 2.24) is 10.0 Å². The van der Waals surface area contributed by atoms with E-state index in [1.54, 1.807) is 0 Å². The van der Waals surface area contributed by atoms with Crippen LogP contribution in [0.3, 0.4) is 0 Å². The van der Waals surface area contributed by atoms with Crippen LogP contribution in [0, 0.1) is 27.7 Å². The van der Waals surface area contributed by atoms with Crippen molar-refractivity contribution in [2.45, 2.75) is 52.5 Å². The Bertz CT molecular complexity index is 554. The molecule has 0 radical (unpaired) electrons. The van der Waals surface area contributed by atoms with Crippen molar-refractivity contribution in [2.75, 3.05) is 13.1 Å². The van der Waals surface area contributed by atoms with Crippen LogP contribution in [0.15, 0.2) is 11.0 Å². The second-order valence-electron chi connectivity index (χ2n) is 5.40. The fourth-order valence-corrected chi connectivity index (χ4v) is 4.05. The first kappa shape index (κ1) is 17.1. The summed E-state index contributed by atoms with van der Waals surface area (Å²) in [6, 6.07) is 2.14. The van der Waals surface area contributed by atoms with E-state index in [1.165, 1.54) is 0 Å². The molecule has 0 aliphatic carbocycles. The SMILES string of the molecule is CCN[C@H](C)CNS(=O)(=O)c1c(C)c(C)cc(C)c1C. The van der Waals surface area contributed by atoms with Crippen LogP contribution in [-0.2, 0) is 10.0 Å². The van der Waals surface area contributed by atoms with E-state index >= 15 is 0 Å². The third-order valence-electron chi connectivity index (χ3n) is 3.70. The normalized spacial score (nSPS) is 13.5. The van der Waals surface area contributed by atoms with E-state index < -0.39 is 10.0 Å². The molecular formula is C15H26N2O2S. The van der Waals surface area contributed by atoms with Gasteiger partial charge in [-0.25, -0.2) is 13.1 Å². The fourth-order valence-electron chi connectivity index (χ4n) is 2.31. The molecular weight excluding hydrogens is 272 g/mol. The van der Waals surface area contributed by atoms with Gasteiger partial charge in [-0.15, -0.1) is 0 Å². The molecule has 0 bridgehead atoms. The first-order valence-electron chi connectivity index (χ1n) is 7.01. The van der Waals surface area contributed by atoms with Gasteiger partial charge in [0.2, 0.25) is 10.0 Å². The third-order valence-corrected chi connectivity index (χ3v) is 5.39. The molecule has 5 heteroatoms. The predicted molar refractivity (Wildman–Crippen MR) is 83.7 cm³/mol. The number of hydrogen-bond acceptors (Lipinski definition) is 3. The molecule has 0 aromatic heterocycles. The molecule has 0 saturated carbocycles. The standard InChI is InChI=1S/C15H26N2O2S/c1-7-16-12(4)9-17-20(18,19)15-13(5)10(2)8-11(3)14(15)6/h8,12,16-17H,7,9H2,1-6H3/t12-/m1/s1. The van der Waals surface area contributed by atoms with Crippen molar-refractivity contribution in [1.29, 1.82) is 0 Å². The van der Waals surface area contributed by atoms with E-state index in [-0.39, 0.29) is 6.04 Å². The van der Waals surface area contributed by atoms with Gasteiger partial charge in [-0.3, -0.25) is 0 Å². The average molecular weight is 298 g/mol. The first-order chi connectivity index (χ1) is 9.20. The zero-order valence-electron chi connectivity index (χ0n) is 13.3. The summed E-state index contributed by atoms with van der Waals surface area (Å²) in [4.78, 5) is 0.429. The molecule has 1 atom stereocenters. The summed E-state index contributed by atoms with van der Waals surface area (Å²) in [6.07, 6.45) is 0. The number of sulfonamides is 1. The number of benzene rings is 1. The molecule has 0 spiro atoms. The minimum Gasteiger partial charge on any atom is -0.313 e. The summed E-state index contributed by atoms with van der Waals surface area (Å²) in [6.45, 7) is 12.8. The zero-order chi connectivity index (χ0) is 15.5. The number of nitrogens with one attached hydrogen (secondary N) is 2. The van der Waals surface area contributed by atoms with Gasteiger partial charge < -0.3 is 5.32 Å². The Balaban J connectivity index is 3.10. The summed E-state index contributed by atoms with van der Waals surface area (Å²) in [5.41, 5.74) is 3.68. The Morgan fingerprint density at radius 3 is 2.05 bits per heavy atom. The highest BCUT2D eigenvalue weighted by Gasteiger charge is 2.22. The lowest BCUT2D eigenvalue weighted by Gasteiger charge is -2.18. The first-order valence-corrected chi connectivity index (χ1v) is 8.49. The molecule has 1 aromatic rings. The van der Waals surface area contributed by atoms with Crippen molar-refractivity contribution < 1.29 is 8.42 Å². The number of hydrogen-bond donors (Lipinski definition) is 2. The van der Waals surface area contributed by atoms with Gasteiger partial charge in [0, 0.05) is 12.6 Å². The Kier molecular flexibility index (Phi) is 5.74. The highest BCUT2D eigenvalue weighted by molar-refractivity contribution is 7.89. The maximum absolute atomic E-state index is 12.5. The predicted octanol–water partition coefficient (Wildman–Crippen LogP) is 2.20. The van der Waals surface area contributed by atoms with Crippen LogP contribution in [-0.4, -0.2) is 27.5 Å². The van der Waals surface area contributed by atoms with Crippen LogP contribution in [0.4, 0.5) is 0 Å². The summed E-state index contributed by atoms with van der Waals surface area (Å²) >= 11 is 0. The van der Waals surface area contributed by atoms with Crippen LogP contribution >= 0.6 is 0 Å². The molecule has 0 heterocycles. The van der Waals surface area contributed by atoms with Crippen molar-refractivity contribution in [3.05, 3.63) is 28.3 Å². The van der Waals surface area contributed by atoms with Crippen molar-refractivity contribution in [3.63, 3.8) is 0 Å². The quantitative estimate of drug-likeness (QED) is 0.846. The van der Waals surface area contributed by atoms with Crippen LogP contribution < -0.4 is 10.0 Å². The molecule has 0 aliphatic heterocycles. The van der Waals surface area contributed by atoms with Gasteiger partial charge in [-0.2, -0.15) is 0 Å². The third kappa shape index (κ3) is 3.81. The highest BCUT2D eigenvalue weighted by atomic mass is 32.2. The largest absolute Gasteiger partial charge is 0.313 e. The van der Waals surface area contributed by atoms with Gasteiger partial charge in [0.1, 0.15) is 0 Å². The van der Waals surface area contributed by atoms with E-state index in [0.717, 1.165) is 28.8 Å².